The van der Waals surface area contributed by atoms with E-state index in [1.54, 1.807) is 23.0 Å². The Kier molecular flexibility index (Phi) is 5.03. The Bertz CT molecular complexity index is 1190. The lowest BCUT2D eigenvalue weighted by molar-refractivity contribution is -0.153. The molecule has 8 nitrogen and oxygen atoms in total. The van der Waals surface area contributed by atoms with Crippen LogP contribution >= 0.6 is 0 Å². The van der Waals surface area contributed by atoms with Gasteiger partial charge in [0.05, 0.1) is 0 Å². The number of halogens is 3. The van der Waals surface area contributed by atoms with Gasteiger partial charge in [-0.25, -0.2) is 14.5 Å². The summed E-state index contributed by atoms with van der Waals surface area (Å²) in [6.45, 7) is 2.37. The van der Waals surface area contributed by atoms with Crippen molar-refractivity contribution in [3.63, 3.8) is 0 Å². The van der Waals surface area contributed by atoms with Gasteiger partial charge < -0.3 is 15.0 Å². The van der Waals surface area contributed by atoms with Crippen molar-refractivity contribution in [3.8, 4) is 5.75 Å². The molecule has 1 aliphatic heterocycles. The van der Waals surface area contributed by atoms with Gasteiger partial charge >= 0.3 is 6.18 Å². The molecule has 2 bridgehead atoms. The number of aromatic nitrogens is 5. The average molecular weight is 474 g/mol. The summed E-state index contributed by atoms with van der Waals surface area (Å²) in [4.78, 5) is 15.5. The van der Waals surface area contributed by atoms with Crippen molar-refractivity contribution in [2.24, 2.45) is 11.8 Å². The van der Waals surface area contributed by atoms with Gasteiger partial charge in [0, 0.05) is 42.5 Å². The summed E-state index contributed by atoms with van der Waals surface area (Å²) >= 11 is 0. The van der Waals surface area contributed by atoms with Crippen LogP contribution in [0.25, 0.3) is 5.65 Å². The van der Waals surface area contributed by atoms with Crippen LogP contribution in [0.4, 0.5) is 24.9 Å². The number of rotatable bonds is 6. The van der Waals surface area contributed by atoms with Gasteiger partial charge in [-0.2, -0.15) is 18.2 Å². The fourth-order valence-corrected chi connectivity index (χ4v) is 5.39. The summed E-state index contributed by atoms with van der Waals surface area (Å²) in [7, 11) is 0. The Hall–Kier alpha value is -3.11. The zero-order valence-corrected chi connectivity index (χ0v) is 18.8. The fraction of sp³-hybridized carbons (Fsp3) is 0.565. The van der Waals surface area contributed by atoms with E-state index in [1.165, 1.54) is 0 Å². The number of aryl methyl sites for hydroxylation is 1. The second kappa shape index (κ2) is 7.99. The highest BCUT2D eigenvalue weighted by Crippen LogP contribution is 2.42. The molecule has 3 aromatic heterocycles. The quantitative estimate of drug-likeness (QED) is 0.580. The number of alkyl halides is 3. The molecule has 1 N–H and O–H groups in total. The van der Waals surface area contributed by atoms with E-state index in [1.807, 2.05) is 13.0 Å². The molecule has 0 radical (unpaired) electrons. The highest BCUT2D eigenvalue weighted by atomic mass is 19.4. The molecule has 2 saturated carbocycles. The lowest BCUT2D eigenvalue weighted by atomic mass is 9.92. The monoisotopic (exact) mass is 473 g/mol. The van der Waals surface area contributed by atoms with Crippen LogP contribution in [0.15, 0.2) is 24.5 Å². The molecule has 3 aromatic rings. The van der Waals surface area contributed by atoms with E-state index >= 15 is 0 Å². The van der Waals surface area contributed by atoms with Crippen LogP contribution in [-0.4, -0.2) is 56.5 Å². The molecular weight excluding hydrogens is 447 g/mol. The largest absolute Gasteiger partial charge is 0.480 e. The summed E-state index contributed by atoms with van der Waals surface area (Å²) in [5.74, 6) is 2.67. The summed E-state index contributed by atoms with van der Waals surface area (Å²) in [6.07, 6.45) is 1.49. The fourth-order valence-electron chi connectivity index (χ4n) is 5.39. The molecule has 0 amide bonds. The number of hydrogen-bond donors (Lipinski definition) is 1. The minimum atomic E-state index is -4.41. The van der Waals surface area contributed by atoms with Gasteiger partial charge in [0.1, 0.15) is 12.1 Å². The van der Waals surface area contributed by atoms with E-state index in [9.17, 15) is 13.2 Å². The number of fused-ring (bicyclic) bond motifs is 3. The Labute approximate surface area is 194 Å². The van der Waals surface area contributed by atoms with E-state index < -0.39 is 12.8 Å². The lowest BCUT2D eigenvalue weighted by Gasteiger charge is -2.38. The second-order valence-corrected chi connectivity index (χ2v) is 9.66. The second-order valence-electron chi connectivity index (χ2n) is 9.66. The molecule has 2 aliphatic carbocycles. The van der Waals surface area contributed by atoms with Crippen molar-refractivity contribution >= 4 is 17.4 Å². The first-order valence-corrected chi connectivity index (χ1v) is 11.7. The van der Waals surface area contributed by atoms with Crippen LogP contribution in [0.3, 0.4) is 0 Å². The molecule has 3 fully saturated rings. The smallest absolute Gasteiger partial charge is 0.422 e. The normalized spacial score (nSPS) is 24.6. The van der Waals surface area contributed by atoms with Crippen molar-refractivity contribution in [2.75, 3.05) is 29.9 Å². The number of piperidine rings is 1. The lowest BCUT2D eigenvalue weighted by Crippen LogP contribution is -2.48. The van der Waals surface area contributed by atoms with E-state index in [2.05, 4.69) is 30.3 Å². The first kappa shape index (κ1) is 21.4. The summed E-state index contributed by atoms with van der Waals surface area (Å²) in [5, 5.41) is 8.18. The van der Waals surface area contributed by atoms with Gasteiger partial charge in [-0.05, 0) is 56.6 Å². The van der Waals surface area contributed by atoms with Gasteiger partial charge in [-0.15, -0.1) is 5.10 Å². The van der Waals surface area contributed by atoms with Crippen LogP contribution in [0.2, 0.25) is 0 Å². The first-order chi connectivity index (χ1) is 16.3. The Morgan fingerprint density at radius 2 is 1.85 bits per heavy atom. The Morgan fingerprint density at radius 1 is 1.09 bits per heavy atom. The number of ether oxygens (including phenoxy) is 1. The highest BCUT2D eigenvalue weighted by Gasteiger charge is 2.43. The third-order valence-electron chi connectivity index (χ3n) is 7.11. The van der Waals surface area contributed by atoms with Crippen LogP contribution in [-0.2, 0) is 0 Å². The van der Waals surface area contributed by atoms with Gasteiger partial charge in [-0.1, -0.05) is 0 Å². The van der Waals surface area contributed by atoms with E-state index in [0.717, 1.165) is 56.0 Å². The minimum absolute atomic E-state index is 0.0965. The van der Waals surface area contributed by atoms with E-state index in [0.29, 0.717) is 29.3 Å². The van der Waals surface area contributed by atoms with E-state index in [-0.39, 0.29) is 11.8 Å². The first-order valence-electron chi connectivity index (χ1n) is 11.7. The minimum Gasteiger partial charge on any atom is -0.480 e. The molecule has 0 unspecified atom stereocenters. The van der Waals surface area contributed by atoms with Crippen LogP contribution < -0.4 is 15.0 Å². The third-order valence-corrected chi connectivity index (χ3v) is 7.11. The van der Waals surface area contributed by atoms with Crippen molar-refractivity contribution in [1.29, 1.82) is 0 Å². The predicted molar refractivity (Wildman–Crippen MR) is 119 cm³/mol. The number of pyridine rings is 1. The molecule has 4 heterocycles. The highest BCUT2D eigenvalue weighted by molar-refractivity contribution is 5.58. The van der Waals surface area contributed by atoms with E-state index in [4.69, 9.17) is 4.74 Å². The molecule has 6 rings (SSSR count). The van der Waals surface area contributed by atoms with Crippen LogP contribution in [0.1, 0.15) is 43.0 Å². The van der Waals surface area contributed by atoms with Gasteiger partial charge in [0.25, 0.3) is 0 Å². The van der Waals surface area contributed by atoms with Crippen molar-refractivity contribution < 1.29 is 17.9 Å². The van der Waals surface area contributed by atoms with Gasteiger partial charge in [0.15, 0.2) is 18.0 Å². The van der Waals surface area contributed by atoms with Crippen molar-refractivity contribution in [2.45, 2.75) is 50.7 Å². The number of nitrogens with one attached hydrogen (secondary N) is 1. The molecule has 3 aliphatic rings. The maximum atomic E-state index is 12.8. The Balaban J connectivity index is 1.24. The van der Waals surface area contributed by atoms with Gasteiger partial charge in [0.2, 0.25) is 5.95 Å². The predicted octanol–water partition coefficient (Wildman–Crippen LogP) is 3.97. The molecule has 0 spiro atoms. The molecule has 1 saturated heterocycles. The molecule has 0 aromatic carbocycles. The molecule has 34 heavy (non-hydrogen) atoms. The van der Waals surface area contributed by atoms with Crippen LogP contribution in [0.5, 0.6) is 5.75 Å². The van der Waals surface area contributed by atoms with Crippen molar-refractivity contribution in [3.05, 3.63) is 35.9 Å². The summed E-state index contributed by atoms with van der Waals surface area (Å²) in [6, 6.07) is 5.61. The zero-order chi connectivity index (χ0) is 23.4. The Morgan fingerprint density at radius 3 is 2.53 bits per heavy atom. The molecule has 11 heteroatoms. The molecule has 180 valence electrons. The number of nitrogens with zero attached hydrogens (tertiary/aromatic N) is 6. The maximum absolute atomic E-state index is 12.8. The molecule has 3 atom stereocenters. The SMILES string of the molecule is Cc1cc(N2C[C@H]3CC[C@@H](C2)[C@@H]3Nc2nc3c(OCC(F)(F)F)ccc(C4CC4)n3n2)ncn1. The van der Waals surface area contributed by atoms with Crippen LogP contribution in [0, 0.1) is 18.8 Å². The average Bonchev–Trinajstić information content (AvgIpc) is 3.50. The summed E-state index contributed by atoms with van der Waals surface area (Å²) in [5.41, 5.74) is 2.24. The number of hydrogen-bond acceptors (Lipinski definition) is 7. The maximum Gasteiger partial charge on any atom is 0.422 e. The number of anilines is 2. The topological polar surface area (TPSA) is 80.5 Å². The van der Waals surface area contributed by atoms with Gasteiger partial charge in [-0.3, -0.25) is 0 Å². The summed E-state index contributed by atoms with van der Waals surface area (Å²) < 4.78 is 45.0. The van der Waals surface area contributed by atoms with Crippen molar-refractivity contribution in [1.82, 2.24) is 24.6 Å². The zero-order valence-electron chi connectivity index (χ0n) is 18.8. The third kappa shape index (κ3) is 4.12. The molecular formula is C23H26F3N7O. The standard InChI is InChI=1S/C23H26F3N7O/c1-13-8-19(28-12-27-13)32-9-15-4-5-16(10-32)20(15)29-22-30-21-18(34-11-23(24,25)26)7-6-17(14-2-3-14)33(21)31-22/h6-8,12,14-16,20H,2-5,9-11H2,1H3,(H,29,31)/t15-,16+,20-.